The van der Waals surface area contributed by atoms with E-state index >= 15 is 0 Å². The van der Waals surface area contributed by atoms with Crippen molar-refractivity contribution in [2.75, 3.05) is 0 Å². The second kappa shape index (κ2) is 7.61. The van der Waals surface area contributed by atoms with Crippen molar-refractivity contribution >= 4 is 0 Å². The minimum absolute atomic E-state index is 0.805. The van der Waals surface area contributed by atoms with Gasteiger partial charge < -0.3 is 0 Å². The highest BCUT2D eigenvalue weighted by atomic mass is 14.3. The predicted molar refractivity (Wildman–Crippen MR) is 82.5 cm³/mol. The van der Waals surface area contributed by atoms with Crippen molar-refractivity contribution in [1.29, 1.82) is 0 Å². The summed E-state index contributed by atoms with van der Waals surface area (Å²) in [4.78, 5) is 0. The minimum Gasteiger partial charge on any atom is -0.0683 e. The third-order valence-corrected chi connectivity index (χ3v) is 4.12. The Bertz CT molecular complexity index is 351. The number of benzene rings is 1. The Hall–Kier alpha value is -0.780. The van der Waals surface area contributed by atoms with Crippen molar-refractivity contribution in [2.45, 2.75) is 78.6 Å². The maximum Gasteiger partial charge on any atom is -0.0156 e. The Morgan fingerprint density at radius 1 is 0.944 bits per heavy atom. The molecule has 0 spiro atoms. The summed E-state index contributed by atoms with van der Waals surface area (Å²) in [6.07, 6.45) is 7.02. The Balaban J connectivity index is 0.000000371. The zero-order chi connectivity index (χ0) is 13.5. The first-order valence-electron chi connectivity index (χ1n) is 7.98. The normalized spacial score (nSPS) is 23.8. The van der Waals surface area contributed by atoms with Crippen LogP contribution >= 0.6 is 0 Å². The lowest BCUT2D eigenvalue weighted by atomic mass is 9.70. The summed E-state index contributed by atoms with van der Waals surface area (Å²) in [5.74, 6) is 1.71. The van der Waals surface area contributed by atoms with Crippen LogP contribution in [0, 0.1) is 0 Å². The molecule has 0 amide bonds. The van der Waals surface area contributed by atoms with Crippen molar-refractivity contribution < 1.29 is 0 Å². The fourth-order valence-electron chi connectivity index (χ4n) is 3.36. The van der Waals surface area contributed by atoms with E-state index < -0.39 is 0 Å². The van der Waals surface area contributed by atoms with Crippen LogP contribution in [0.1, 0.15) is 88.8 Å². The first-order chi connectivity index (χ1) is 8.86. The Kier molecular flexibility index (Phi) is 6.46. The highest BCUT2D eigenvalue weighted by molar-refractivity contribution is 5.43. The quantitative estimate of drug-likeness (QED) is 0.522. The molecular weight excluding hydrogens is 216 g/mol. The molecule has 2 aliphatic rings. The lowest BCUT2D eigenvalue weighted by Crippen LogP contribution is -2.18. The smallest absolute Gasteiger partial charge is 0.0156 e. The van der Waals surface area contributed by atoms with E-state index in [1.54, 1.807) is 16.7 Å². The lowest BCUT2D eigenvalue weighted by Gasteiger charge is -2.35. The van der Waals surface area contributed by atoms with Crippen molar-refractivity contribution in [3.8, 4) is 0 Å². The van der Waals surface area contributed by atoms with E-state index in [1.807, 2.05) is 27.7 Å². The molecule has 0 fully saturated rings. The van der Waals surface area contributed by atoms with Gasteiger partial charge in [-0.05, 0) is 60.6 Å². The summed E-state index contributed by atoms with van der Waals surface area (Å²) in [5, 5.41) is 0. The van der Waals surface area contributed by atoms with Crippen LogP contribution in [0.4, 0.5) is 0 Å². The van der Waals surface area contributed by atoms with Gasteiger partial charge in [0.1, 0.15) is 0 Å². The monoisotopic (exact) mass is 246 g/mol. The zero-order valence-electron chi connectivity index (χ0n) is 12.9. The molecule has 18 heavy (non-hydrogen) atoms. The first kappa shape index (κ1) is 15.3. The van der Waals surface area contributed by atoms with Gasteiger partial charge in [-0.3, -0.25) is 0 Å². The Labute approximate surface area is 114 Å². The van der Waals surface area contributed by atoms with Crippen LogP contribution in [0.2, 0.25) is 0 Å². The van der Waals surface area contributed by atoms with Crippen LogP contribution in [-0.2, 0) is 6.42 Å². The van der Waals surface area contributed by atoms with Gasteiger partial charge in [0.15, 0.2) is 0 Å². The van der Waals surface area contributed by atoms with E-state index in [-0.39, 0.29) is 0 Å². The van der Waals surface area contributed by atoms with Crippen molar-refractivity contribution in [2.24, 2.45) is 0 Å². The van der Waals surface area contributed by atoms with Gasteiger partial charge in [-0.25, -0.2) is 0 Å². The van der Waals surface area contributed by atoms with Gasteiger partial charge in [0, 0.05) is 0 Å². The zero-order valence-corrected chi connectivity index (χ0v) is 12.9. The molecule has 0 nitrogen and oxygen atoms in total. The largest absolute Gasteiger partial charge is 0.0683 e. The highest BCUT2D eigenvalue weighted by Gasteiger charge is 2.28. The summed E-state index contributed by atoms with van der Waals surface area (Å²) in [7, 11) is 0. The Morgan fingerprint density at radius 2 is 1.67 bits per heavy atom. The lowest BCUT2D eigenvalue weighted by molar-refractivity contribution is 0.446. The highest BCUT2D eigenvalue weighted by Crippen LogP contribution is 2.45. The topological polar surface area (TPSA) is 0 Å². The number of rotatable bonds is 0. The summed E-state index contributed by atoms with van der Waals surface area (Å²) in [6, 6.07) is 6.97. The van der Waals surface area contributed by atoms with E-state index in [0.29, 0.717) is 0 Å². The summed E-state index contributed by atoms with van der Waals surface area (Å²) >= 11 is 0. The second-order valence-electron chi connectivity index (χ2n) is 4.99. The number of aryl methyl sites for hydroxylation is 1. The number of hydrogen-bond acceptors (Lipinski definition) is 0. The van der Waals surface area contributed by atoms with Crippen LogP contribution in [0.15, 0.2) is 18.2 Å². The predicted octanol–water partition coefficient (Wildman–Crippen LogP) is 6.06. The van der Waals surface area contributed by atoms with E-state index in [9.17, 15) is 0 Å². The molecule has 1 aromatic rings. The third-order valence-electron chi connectivity index (χ3n) is 4.12. The van der Waals surface area contributed by atoms with Gasteiger partial charge in [0.25, 0.3) is 0 Å². The van der Waals surface area contributed by atoms with E-state index in [0.717, 1.165) is 11.8 Å². The van der Waals surface area contributed by atoms with Crippen LogP contribution in [0.3, 0.4) is 0 Å². The molecule has 0 saturated heterocycles. The molecule has 102 valence electrons. The second-order valence-corrected chi connectivity index (χ2v) is 4.99. The molecule has 2 atom stereocenters. The molecule has 0 aromatic heterocycles. The standard InChI is InChI=1S/C14H18.2C2H6/c1-10-8-9-12-5-2-4-11-6-3-7-13(10)14(11)12;2*1-2/h3,6-7,10,12H,2,4-5,8-9H2,1H3;2*1-2H3. The van der Waals surface area contributed by atoms with Crippen LogP contribution in [0.25, 0.3) is 0 Å². The average Bonchev–Trinajstić information content (AvgIpc) is 2.47. The van der Waals surface area contributed by atoms with Gasteiger partial charge in [-0.2, -0.15) is 0 Å². The number of hydrogen-bond donors (Lipinski definition) is 0. The van der Waals surface area contributed by atoms with Crippen LogP contribution in [-0.4, -0.2) is 0 Å². The molecule has 0 heterocycles. The maximum absolute atomic E-state index is 2.39. The van der Waals surface area contributed by atoms with Gasteiger partial charge in [-0.15, -0.1) is 0 Å². The molecule has 0 radical (unpaired) electrons. The molecule has 0 bridgehead atoms. The van der Waals surface area contributed by atoms with Gasteiger partial charge >= 0.3 is 0 Å². The molecule has 2 unspecified atom stereocenters. The van der Waals surface area contributed by atoms with Gasteiger partial charge in [0.2, 0.25) is 0 Å². The molecule has 1 aromatic carbocycles. The first-order valence-corrected chi connectivity index (χ1v) is 7.98. The third kappa shape index (κ3) is 2.96. The van der Waals surface area contributed by atoms with E-state index in [2.05, 4.69) is 25.1 Å². The van der Waals surface area contributed by atoms with Crippen LogP contribution in [0.5, 0.6) is 0 Å². The van der Waals surface area contributed by atoms with Crippen molar-refractivity contribution in [3.05, 3.63) is 34.9 Å². The SMILES string of the molecule is CC.CC.CC1CCC2CCCc3cccc1c32. The molecule has 0 saturated carbocycles. The van der Waals surface area contributed by atoms with E-state index in [4.69, 9.17) is 0 Å². The van der Waals surface area contributed by atoms with Crippen molar-refractivity contribution in [1.82, 2.24) is 0 Å². The van der Waals surface area contributed by atoms with Gasteiger partial charge in [-0.1, -0.05) is 52.8 Å². The average molecular weight is 246 g/mol. The summed E-state index contributed by atoms with van der Waals surface area (Å²) in [6.45, 7) is 10.4. The van der Waals surface area contributed by atoms with Crippen LogP contribution < -0.4 is 0 Å². The maximum atomic E-state index is 2.39. The van der Waals surface area contributed by atoms with Gasteiger partial charge in [0.05, 0.1) is 0 Å². The fraction of sp³-hybridized carbons (Fsp3) is 0.667. The molecule has 0 aliphatic heterocycles. The molecular formula is C18H30. The molecule has 2 aliphatic carbocycles. The summed E-state index contributed by atoms with van der Waals surface area (Å²) < 4.78 is 0. The minimum atomic E-state index is 0.805. The fourth-order valence-corrected chi connectivity index (χ4v) is 3.36. The molecule has 0 heteroatoms. The van der Waals surface area contributed by atoms with E-state index in [1.165, 1.54) is 32.1 Å². The molecule has 3 rings (SSSR count). The van der Waals surface area contributed by atoms with Crippen molar-refractivity contribution in [3.63, 3.8) is 0 Å². The molecule has 0 N–H and O–H groups in total. The Morgan fingerprint density at radius 3 is 2.39 bits per heavy atom. The summed E-state index contributed by atoms with van der Waals surface area (Å²) in [5.41, 5.74) is 5.07.